The first-order valence-corrected chi connectivity index (χ1v) is 10.5. The Labute approximate surface area is 171 Å². The predicted molar refractivity (Wildman–Crippen MR) is 107 cm³/mol. The Bertz CT molecular complexity index is 1110. The second-order valence-corrected chi connectivity index (χ2v) is 8.56. The number of carbonyl (C=O) groups excluding carboxylic acids is 1. The summed E-state index contributed by atoms with van der Waals surface area (Å²) < 4.78 is 37.3. The van der Waals surface area contributed by atoms with E-state index in [4.69, 9.17) is 9.47 Å². The Morgan fingerprint density at radius 1 is 1.13 bits per heavy atom. The maximum Gasteiger partial charge on any atom is 0.294 e. The molecule has 2 aliphatic rings. The molecule has 0 unspecified atom stereocenters. The second-order valence-electron chi connectivity index (χ2n) is 6.63. The zero-order valence-corrected chi connectivity index (χ0v) is 16.5. The van der Waals surface area contributed by atoms with Gasteiger partial charge in [0.1, 0.15) is 11.4 Å². The average molecular weight is 434 g/mol. The molecule has 12 heteroatoms. The molecule has 4 rings (SSSR count). The third kappa shape index (κ3) is 3.92. The number of morpholine rings is 1. The molecule has 30 heavy (non-hydrogen) atoms. The largest absolute Gasteiger partial charge is 0.482 e. The molecule has 2 aromatic rings. The normalized spacial score (nSPS) is 16.9. The average Bonchev–Trinajstić information content (AvgIpc) is 2.74. The summed E-state index contributed by atoms with van der Waals surface area (Å²) in [6, 6.07) is 8.55. The van der Waals surface area contributed by atoms with E-state index >= 15 is 0 Å². The van der Waals surface area contributed by atoms with Crippen LogP contribution in [0.4, 0.5) is 22.7 Å². The molecule has 0 bridgehead atoms. The van der Waals surface area contributed by atoms with E-state index in [-0.39, 0.29) is 55.1 Å². The smallest absolute Gasteiger partial charge is 0.294 e. The SMILES string of the molecule is O=C1COc2ccc(Nc3ccc(S(=O)(=O)N4CCOCC4)cc3[N+](=O)[O-])cc2N1. The molecule has 0 radical (unpaired) electrons. The van der Waals surface area contributed by atoms with E-state index in [0.717, 1.165) is 6.07 Å². The maximum atomic E-state index is 12.8. The molecule has 1 saturated heterocycles. The van der Waals surface area contributed by atoms with E-state index in [0.29, 0.717) is 17.1 Å². The molecule has 2 N–H and O–H groups in total. The van der Waals surface area contributed by atoms with Gasteiger partial charge < -0.3 is 20.1 Å². The van der Waals surface area contributed by atoms with Crippen LogP contribution in [-0.4, -0.2) is 56.5 Å². The van der Waals surface area contributed by atoms with Crippen LogP contribution in [0.3, 0.4) is 0 Å². The molecule has 11 nitrogen and oxygen atoms in total. The molecule has 1 fully saturated rings. The van der Waals surface area contributed by atoms with E-state index in [9.17, 15) is 23.3 Å². The van der Waals surface area contributed by atoms with Gasteiger partial charge in [-0.3, -0.25) is 14.9 Å². The lowest BCUT2D eigenvalue weighted by molar-refractivity contribution is -0.384. The first-order valence-electron chi connectivity index (χ1n) is 9.05. The number of hydrogen-bond donors (Lipinski definition) is 2. The molecule has 0 atom stereocenters. The summed E-state index contributed by atoms with van der Waals surface area (Å²) in [4.78, 5) is 22.3. The number of nitrogens with zero attached hydrogens (tertiary/aromatic N) is 2. The summed E-state index contributed by atoms with van der Waals surface area (Å²) >= 11 is 0. The fourth-order valence-corrected chi connectivity index (χ4v) is 4.61. The highest BCUT2D eigenvalue weighted by Gasteiger charge is 2.29. The van der Waals surface area contributed by atoms with Crippen LogP contribution in [0.1, 0.15) is 0 Å². The fraction of sp³-hybridized carbons (Fsp3) is 0.278. The fourth-order valence-electron chi connectivity index (χ4n) is 3.18. The third-order valence-corrected chi connectivity index (χ3v) is 6.56. The van der Waals surface area contributed by atoms with Crippen molar-refractivity contribution >= 4 is 38.7 Å². The Kier molecular flexibility index (Phi) is 5.28. The van der Waals surface area contributed by atoms with Crippen molar-refractivity contribution in [2.24, 2.45) is 0 Å². The molecule has 0 spiro atoms. The molecule has 2 heterocycles. The Hall–Kier alpha value is -3.22. The topological polar surface area (TPSA) is 140 Å². The van der Waals surface area contributed by atoms with Crippen LogP contribution in [0.15, 0.2) is 41.3 Å². The highest BCUT2D eigenvalue weighted by molar-refractivity contribution is 7.89. The number of hydrogen-bond acceptors (Lipinski definition) is 8. The molecule has 0 aliphatic carbocycles. The van der Waals surface area contributed by atoms with Crippen LogP contribution in [0.25, 0.3) is 0 Å². The summed E-state index contributed by atoms with van der Waals surface area (Å²) in [5.74, 6) is 0.185. The minimum Gasteiger partial charge on any atom is -0.482 e. The maximum absolute atomic E-state index is 12.8. The van der Waals surface area contributed by atoms with E-state index in [2.05, 4.69) is 10.6 Å². The number of sulfonamides is 1. The van der Waals surface area contributed by atoms with Crippen molar-refractivity contribution in [1.29, 1.82) is 0 Å². The van der Waals surface area contributed by atoms with Gasteiger partial charge in [-0.05, 0) is 30.3 Å². The lowest BCUT2D eigenvalue weighted by atomic mass is 10.2. The van der Waals surface area contributed by atoms with Crippen LogP contribution in [0.5, 0.6) is 5.75 Å². The van der Waals surface area contributed by atoms with Crippen molar-refractivity contribution in [2.45, 2.75) is 4.90 Å². The highest BCUT2D eigenvalue weighted by Crippen LogP contribution is 2.35. The van der Waals surface area contributed by atoms with Crippen LogP contribution in [0.2, 0.25) is 0 Å². The van der Waals surface area contributed by atoms with Gasteiger partial charge in [-0.15, -0.1) is 0 Å². The molecule has 158 valence electrons. The van der Waals surface area contributed by atoms with E-state index in [1.54, 1.807) is 18.2 Å². The summed E-state index contributed by atoms with van der Waals surface area (Å²) in [6.45, 7) is 0.863. The Morgan fingerprint density at radius 2 is 1.90 bits per heavy atom. The van der Waals surface area contributed by atoms with Crippen molar-refractivity contribution in [3.63, 3.8) is 0 Å². The van der Waals surface area contributed by atoms with Gasteiger partial charge in [0.2, 0.25) is 10.0 Å². The molecule has 0 aromatic heterocycles. The number of benzene rings is 2. The summed E-state index contributed by atoms with van der Waals surface area (Å²) in [5.41, 5.74) is 0.628. The molecule has 2 aliphatic heterocycles. The first kappa shape index (κ1) is 20.1. The van der Waals surface area contributed by atoms with Crippen molar-refractivity contribution in [3.05, 3.63) is 46.5 Å². The van der Waals surface area contributed by atoms with Crippen molar-refractivity contribution in [1.82, 2.24) is 4.31 Å². The number of nitrogens with one attached hydrogen (secondary N) is 2. The molecule has 2 aromatic carbocycles. The number of amides is 1. The molecule has 1 amide bonds. The van der Waals surface area contributed by atoms with Crippen LogP contribution in [-0.2, 0) is 19.6 Å². The number of carbonyl (C=O) groups is 1. The van der Waals surface area contributed by atoms with Gasteiger partial charge in [0.25, 0.3) is 11.6 Å². The van der Waals surface area contributed by atoms with Gasteiger partial charge in [0.15, 0.2) is 6.61 Å². The van der Waals surface area contributed by atoms with Gasteiger partial charge in [-0.25, -0.2) is 8.42 Å². The number of rotatable bonds is 5. The second kappa shape index (κ2) is 7.89. The van der Waals surface area contributed by atoms with Gasteiger partial charge in [0, 0.05) is 24.8 Å². The van der Waals surface area contributed by atoms with E-state index in [1.165, 1.54) is 16.4 Å². The third-order valence-electron chi connectivity index (χ3n) is 4.67. The Balaban J connectivity index is 1.64. The van der Waals surface area contributed by atoms with Crippen molar-refractivity contribution in [3.8, 4) is 5.75 Å². The van der Waals surface area contributed by atoms with Gasteiger partial charge in [-0.1, -0.05) is 0 Å². The number of ether oxygens (including phenoxy) is 2. The van der Waals surface area contributed by atoms with E-state index < -0.39 is 14.9 Å². The van der Waals surface area contributed by atoms with Crippen LogP contribution in [0, 0.1) is 10.1 Å². The zero-order chi connectivity index (χ0) is 21.3. The minimum atomic E-state index is -3.87. The first-order chi connectivity index (χ1) is 14.3. The van der Waals surface area contributed by atoms with Crippen molar-refractivity contribution in [2.75, 3.05) is 43.5 Å². The minimum absolute atomic E-state index is 0.0790. The molecular formula is C18H18N4O7S. The number of fused-ring (bicyclic) bond motifs is 1. The Morgan fingerprint density at radius 3 is 2.63 bits per heavy atom. The number of anilines is 3. The summed E-state index contributed by atoms with van der Waals surface area (Å²) in [7, 11) is -3.87. The van der Waals surface area contributed by atoms with Crippen LogP contribution >= 0.6 is 0 Å². The quantitative estimate of drug-likeness (QED) is 0.535. The van der Waals surface area contributed by atoms with E-state index in [1.807, 2.05) is 0 Å². The number of nitro groups is 1. The predicted octanol–water partition coefficient (Wildman–Crippen LogP) is 1.69. The summed E-state index contributed by atoms with van der Waals surface area (Å²) in [6.07, 6.45) is 0. The van der Waals surface area contributed by atoms with Gasteiger partial charge >= 0.3 is 0 Å². The molecular weight excluding hydrogens is 416 g/mol. The van der Waals surface area contributed by atoms with Crippen molar-refractivity contribution < 1.29 is 27.6 Å². The standard InChI is InChI=1S/C18H18N4O7S/c23-18-11-29-17-4-1-12(9-15(17)20-18)19-14-3-2-13(10-16(14)22(24)25)30(26,27)21-5-7-28-8-6-21/h1-4,9-10,19H,5-8,11H2,(H,20,23). The molecule has 0 saturated carbocycles. The monoisotopic (exact) mass is 434 g/mol. The lowest BCUT2D eigenvalue weighted by Crippen LogP contribution is -2.40. The number of nitro benzene ring substituents is 1. The van der Waals surface area contributed by atoms with Crippen LogP contribution < -0.4 is 15.4 Å². The van der Waals surface area contributed by atoms with Gasteiger partial charge in [-0.2, -0.15) is 4.31 Å². The summed E-state index contributed by atoms with van der Waals surface area (Å²) in [5, 5.41) is 17.2. The highest BCUT2D eigenvalue weighted by atomic mass is 32.2. The lowest BCUT2D eigenvalue weighted by Gasteiger charge is -2.26. The van der Waals surface area contributed by atoms with Gasteiger partial charge in [0.05, 0.1) is 28.7 Å². The zero-order valence-electron chi connectivity index (χ0n) is 15.7.